The van der Waals surface area contributed by atoms with Crippen molar-refractivity contribution in [2.45, 2.75) is 19.4 Å². The second-order valence-electron chi connectivity index (χ2n) is 5.48. The molecule has 0 radical (unpaired) electrons. The van der Waals surface area contributed by atoms with Gasteiger partial charge in [0.05, 0.1) is 5.54 Å². The van der Waals surface area contributed by atoms with Crippen LogP contribution in [0, 0.1) is 0 Å². The molecule has 1 heterocycles. The topological polar surface area (TPSA) is 41.1 Å². The van der Waals surface area contributed by atoms with Crippen molar-refractivity contribution >= 4 is 34.4 Å². The zero-order valence-electron chi connectivity index (χ0n) is 11.3. The zero-order valence-corrected chi connectivity index (χ0v) is 12.1. The molecule has 0 unspecified atom stereocenters. The highest BCUT2D eigenvalue weighted by molar-refractivity contribution is 6.31. The molecule has 0 saturated carbocycles. The number of carbonyl (C=O) groups is 1. The highest BCUT2D eigenvalue weighted by atomic mass is 35.5. The molecule has 3 nitrogen and oxygen atoms in total. The van der Waals surface area contributed by atoms with E-state index < -0.39 is 5.54 Å². The van der Waals surface area contributed by atoms with Crippen LogP contribution in [-0.2, 0) is 4.79 Å². The maximum atomic E-state index is 11.9. The Morgan fingerprint density at radius 2 is 1.95 bits per heavy atom. The predicted octanol–water partition coefficient (Wildman–Crippen LogP) is 3.29. The molecule has 0 spiro atoms. The van der Waals surface area contributed by atoms with Crippen molar-refractivity contribution in [1.29, 1.82) is 0 Å². The van der Waals surface area contributed by atoms with Crippen molar-refractivity contribution in [3.8, 4) is 0 Å². The van der Waals surface area contributed by atoms with E-state index in [0.717, 1.165) is 16.3 Å². The maximum Gasteiger partial charge on any atom is 0.263 e. The average molecular weight is 287 g/mol. The molecule has 0 aromatic heterocycles. The number of carbonyl (C=O) groups excluding carboxylic acids is 1. The summed E-state index contributed by atoms with van der Waals surface area (Å²) < 4.78 is 0. The molecule has 1 saturated heterocycles. The molecule has 20 heavy (non-hydrogen) atoms. The fourth-order valence-electron chi connectivity index (χ4n) is 2.45. The van der Waals surface area contributed by atoms with Gasteiger partial charge in [0, 0.05) is 10.6 Å². The molecule has 1 amide bonds. The SMILES string of the molecule is CC1(C)NNC(=O)/C1=C\c1cc(Cl)cc2ccccc12. The number of halogens is 1. The number of hydrogen-bond donors (Lipinski definition) is 2. The summed E-state index contributed by atoms with van der Waals surface area (Å²) >= 11 is 6.17. The molecule has 0 aliphatic carbocycles. The van der Waals surface area contributed by atoms with E-state index in [1.165, 1.54) is 0 Å². The van der Waals surface area contributed by atoms with Crippen molar-refractivity contribution in [2.75, 3.05) is 0 Å². The standard InChI is InChI=1S/C16H15ClN2O/c1-16(2)14(15(20)18-19-16)9-11-8-12(17)7-10-5-3-4-6-13(10)11/h3-9,19H,1-2H3,(H,18,20)/b14-9+. The Hall–Kier alpha value is -1.84. The van der Waals surface area contributed by atoms with E-state index in [9.17, 15) is 4.79 Å². The van der Waals surface area contributed by atoms with Gasteiger partial charge in [0.25, 0.3) is 5.91 Å². The van der Waals surface area contributed by atoms with Crippen LogP contribution in [0.4, 0.5) is 0 Å². The van der Waals surface area contributed by atoms with Gasteiger partial charge in [-0.2, -0.15) is 0 Å². The van der Waals surface area contributed by atoms with Gasteiger partial charge in [-0.15, -0.1) is 0 Å². The molecule has 4 heteroatoms. The minimum absolute atomic E-state index is 0.0981. The molecule has 0 atom stereocenters. The van der Waals surface area contributed by atoms with Crippen LogP contribution in [0.5, 0.6) is 0 Å². The first-order valence-electron chi connectivity index (χ1n) is 6.45. The van der Waals surface area contributed by atoms with Crippen molar-refractivity contribution in [2.24, 2.45) is 0 Å². The van der Waals surface area contributed by atoms with Crippen LogP contribution in [0.25, 0.3) is 16.8 Å². The normalized spacial score (nSPS) is 19.6. The molecule has 2 N–H and O–H groups in total. The minimum Gasteiger partial charge on any atom is -0.287 e. The Morgan fingerprint density at radius 3 is 2.65 bits per heavy atom. The second kappa shape index (κ2) is 4.62. The Kier molecular flexibility index (Phi) is 3.04. The molecular weight excluding hydrogens is 272 g/mol. The Balaban J connectivity index is 2.22. The summed E-state index contributed by atoms with van der Waals surface area (Å²) in [6, 6.07) is 11.8. The maximum absolute atomic E-state index is 11.9. The molecule has 2 aromatic carbocycles. The summed E-state index contributed by atoms with van der Waals surface area (Å²) in [6.07, 6.45) is 1.91. The van der Waals surface area contributed by atoms with Crippen LogP contribution in [0.3, 0.4) is 0 Å². The number of hydrogen-bond acceptors (Lipinski definition) is 2. The smallest absolute Gasteiger partial charge is 0.263 e. The largest absolute Gasteiger partial charge is 0.287 e. The summed E-state index contributed by atoms with van der Waals surface area (Å²) in [6.45, 7) is 3.92. The van der Waals surface area contributed by atoms with Gasteiger partial charge in [0.15, 0.2) is 0 Å². The molecule has 1 aliphatic heterocycles. The van der Waals surface area contributed by atoms with Gasteiger partial charge in [-0.05, 0) is 48.4 Å². The Bertz CT molecular complexity index is 734. The van der Waals surface area contributed by atoms with Crippen molar-refractivity contribution in [3.05, 3.63) is 52.6 Å². The Labute approximate surface area is 122 Å². The third kappa shape index (κ3) is 2.19. The first kappa shape index (κ1) is 13.2. The van der Waals surface area contributed by atoms with Crippen LogP contribution in [0.15, 0.2) is 42.0 Å². The van der Waals surface area contributed by atoms with Gasteiger partial charge < -0.3 is 0 Å². The summed E-state index contributed by atoms with van der Waals surface area (Å²) in [5, 5.41) is 2.82. The number of nitrogens with one attached hydrogen (secondary N) is 2. The van der Waals surface area contributed by atoms with Gasteiger partial charge in [0.2, 0.25) is 0 Å². The lowest BCUT2D eigenvalue weighted by atomic mass is 9.92. The zero-order chi connectivity index (χ0) is 14.3. The van der Waals surface area contributed by atoms with Gasteiger partial charge in [-0.1, -0.05) is 35.9 Å². The molecule has 0 bridgehead atoms. The van der Waals surface area contributed by atoms with Gasteiger partial charge in [-0.3, -0.25) is 10.2 Å². The second-order valence-corrected chi connectivity index (χ2v) is 5.91. The van der Waals surface area contributed by atoms with E-state index in [2.05, 4.69) is 10.9 Å². The van der Waals surface area contributed by atoms with E-state index in [0.29, 0.717) is 10.6 Å². The van der Waals surface area contributed by atoms with Crippen molar-refractivity contribution < 1.29 is 4.79 Å². The number of rotatable bonds is 1. The number of amides is 1. The van der Waals surface area contributed by atoms with Gasteiger partial charge in [-0.25, -0.2) is 5.43 Å². The lowest BCUT2D eigenvalue weighted by molar-refractivity contribution is -0.116. The lowest BCUT2D eigenvalue weighted by Gasteiger charge is -2.17. The average Bonchev–Trinajstić information content (AvgIpc) is 2.65. The molecule has 1 fully saturated rings. The third-order valence-corrected chi connectivity index (χ3v) is 3.78. The Morgan fingerprint density at radius 1 is 1.20 bits per heavy atom. The van der Waals surface area contributed by atoms with E-state index in [4.69, 9.17) is 11.6 Å². The van der Waals surface area contributed by atoms with Crippen LogP contribution in [0.2, 0.25) is 5.02 Å². The highest BCUT2D eigenvalue weighted by Gasteiger charge is 2.34. The summed E-state index contributed by atoms with van der Waals surface area (Å²) in [5.41, 5.74) is 6.88. The number of benzene rings is 2. The van der Waals surface area contributed by atoms with Crippen molar-refractivity contribution in [1.82, 2.24) is 10.9 Å². The molecule has 102 valence electrons. The minimum atomic E-state index is -0.402. The van der Waals surface area contributed by atoms with Crippen LogP contribution in [-0.4, -0.2) is 11.4 Å². The van der Waals surface area contributed by atoms with E-state index >= 15 is 0 Å². The molecule has 3 rings (SSSR count). The number of hydrazine groups is 1. The quantitative estimate of drug-likeness (QED) is 0.790. The van der Waals surface area contributed by atoms with E-state index in [1.54, 1.807) is 0 Å². The van der Waals surface area contributed by atoms with E-state index in [1.807, 2.05) is 56.3 Å². The van der Waals surface area contributed by atoms with Crippen LogP contribution in [0.1, 0.15) is 19.4 Å². The fourth-order valence-corrected chi connectivity index (χ4v) is 2.69. The van der Waals surface area contributed by atoms with Gasteiger partial charge >= 0.3 is 0 Å². The number of fused-ring (bicyclic) bond motifs is 1. The molecular formula is C16H15ClN2O. The summed E-state index contributed by atoms with van der Waals surface area (Å²) in [7, 11) is 0. The summed E-state index contributed by atoms with van der Waals surface area (Å²) in [5.74, 6) is -0.0981. The first-order chi connectivity index (χ1) is 9.47. The molecule has 1 aliphatic rings. The first-order valence-corrected chi connectivity index (χ1v) is 6.83. The van der Waals surface area contributed by atoms with E-state index in [-0.39, 0.29) is 5.91 Å². The lowest BCUT2D eigenvalue weighted by Crippen LogP contribution is -2.38. The predicted molar refractivity (Wildman–Crippen MR) is 82.3 cm³/mol. The van der Waals surface area contributed by atoms with Crippen LogP contribution < -0.4 is 10.9 Å². The highest BCUT2D eigenvalue weighted by Crippen LogP contribution is 2.29. The third-order valence-electron chi connectivity index (χ3n) is 3.56. The van der Waals surface area contributed by atoms with Gasteiger partial charge in [0.1, 0.15) is 0 Å². The monoisotopic (exact) mass is 286 g/mol. The fraction of sp³-hybridized carbons (Fsp3) is 0.188. The van der Waals surface area contributed by atoms with Crippen LogP contribution >= 0.6 is 11.6 Å². The summed E-state index contributed by atoms with van der Waals surface area (Å²) in [4.78, 5) is 11.9. The molecule has 2 aromatic rings. The van der Waals surface area contributed by atoms with Crippen molar-refractivity contribution in [3.63, 3.8) is 0 Å².